The van der Waals surface area contributed by atoms with Gasteiger partial charge in [-0.15, -0.1) is 11.8 Å². The summed E-state index contributed by atoms with van der Waals surface area (Å²) in [6, 6.07) is 13.3. The molecule has 0 aliphatic carbocycles. The van der Waals surface area contributed by atoms with E-state index in [4.69, 9.17) is 16.3 Å². The molecule has 0 saturated carbocycles. The van der Waals surface area contributed by atoms with Gasteiger partial charge in [0.1, 0.15) is 12.4 Å². The van der Waals surface area contributed by atoms with Crippen molar-refractivity contribution in [1.29, 1.82) is 0 Å². The van der Waals surface area contributed by atoms with Crippen LogP contribution in [0.5, 0.6) is 5.75 Å². The van der Waals surface area contributed by atoms with E-state index >= 15 is 0 Å². The van der Waals surface area contributed by atoms with E-state index in [-0.39, 0.29) is 11.8 Å². The highest BCUT2D eigenvalue weighted by Gasteiger charge is 2.26. The number of thioether (sulfide) groups is 1. The van der Waals surface area contributed by atoms with Crippen LogP contribution in [0.1, 0.15) is 5.56 Å². The summed E-state index contributed by atoms with van der Waals surface area (Å²) in [6.07, 6.45) is 2.65. The quantitative estimate of drug-likeness (QED) is 0.853. The number of carbonyl (C=O) groups is 1. The van der Waals surface area contributed by atoms with Gasteiger partial charge in [-0.05, 0) is 54.6 Å². The average molecular weight is 334 g/mol. The first-order valence-corrected chi connectivity index (χ1v) is 8.62. The van der Waals surface area contributed by atoms with E-state index in [0.29, 0.717) is 18.1 Å². The van der Waals surface area contributed by atoms with Crippen LogP contribution in [0.2, 0.25) is 5.02 Å². The number of carbonyl (C=O) groups excluding carboxylic acids is 1. The van der Waals surface area contributed by atoms with Crippen LogP contribution in [-0.4, -0.2) is 18.8 Å². The molecule has 0 bridgehead atoms. The van der Waals surface area contributed by atoms with Gasteiger partial charge in [0.05, 0.1) is 5.92 Å². The Bertz CT molecular complexity index is 705. The van der Waals surface area contributed by atoms with E-state index in [1.54, 1.807) is 17.8 Å². The van der Waals surface area contributed by atoms with Gasteiger partial charge in [-0.3, -0.25) is 4.79 Å². The normalized spacial score (nSPS) is 16.5. The molecule has 114 valence electrons. The first-order chi connectivity index (χ1) is 10.7. The molecule has 2 aromatic carbocycles. The number of ether oxygens (including phenoxy) is 1. The molecular weight excluding hydrogens is 318 g/mol. The van der Waals surface area contributed by atoms with Gasteiger partial charge in [0.2, 0.25) is 5.91 Å². The number of rotatable bonds is 3. The van der Waals surface area contributed by atoms with Gasteiger partial charge < -0.3 is 10.1 Å². The second-order valence-corrected chi connectivity index (χ2v) is 6.50. The van der Waals surface area contributed by atoms with Gasteiger partial charge in [-0.1, -0.05) is 17.7 Å². The third kappa shape index (κ3) is 3.39. The molecule has 22 heavy (non-hydrogen) atoms. The fourth-order valence-electron chi connectivity index (χ4n) is 2.48. The van der Waals surface area contributed by atoms with Crippen LogP contribution in [0.4, 0.5) is 5.69 Å². The highest BCUT2D eigenvalue weighted by atomic mass is 35.5. The Morgan fingerprint density at radius 3 is 3.00 bits per heavy atom. The molecule has 1 amide bonds. The Morgan fingerprint density at radius 2 is 2.18 bits per heavy atom. The molecule has 0 fully saturated rings. The molecular formula is C17H16ClNO2S. The van der Waals surface area contributed by atoms with Crippen LogP contribution in [0.3, 0.4) is 0 Å². The predicted molar refractivity (Wildman–Crippen MR) is 91.0 cm³/mol. The van der Waals surface area contributed by atoms with Crippen molar-refractivity contribution in [3.8, 4) is 5.75 Å². The van der Waals surface area contributed by atoms with Crippen molar-refractivity contribution >= 4 is 35.0 Å². The maximum Gasteiger partial charge on any atom is 0.231 e. The lowest BCUT2D eigenvalue weighted by atomic mass is 9.96. The number of nitrogens with one attached hydrogen (secondary N) is 1. The molecule has 3 nitrogen and oxygen atoms in total. The summed E-state index contributed by atoms with van der Waals surface area (Å²) < 4.78 is 5.67. The third-order valence-electron chi connectivity index (χ3n) is 3.64. The lowest BCUT2D eigenvalue weighted by Crippen LogP contribution is -2.32. The highest BCUT2D eigenvalue weighted by molar-refractivity contribution is 7.98. The average Bonchev–Trinajstić information content (AvgIpc) is 2.54. The van der Waals surface area contributed by atoms with Crippen molar-refractivity contribution in [2.24, 2.45) is 5.92 Å². The number of hydrogen-bond donors (Lipinski definition) is 1. The lowest BCUT2D eigenvalue weighted by molar-refractivity contribution is -0.121. The Morgan fingerprint density at radius 1 is 1.32 bits per heavy atom. The molecule has 0 unspecified atom stereocenters. The topological polar surface area (TPSA) is 38.3 Å². The number of hydrogen-bond acceptors (Lipinski definition) is 3. The Labute approximate surface area is 139 Å². The standard InChI is InChI=1S/C17H16ClNO2S/c1-22-15-4-2-3-14(9-15)19-17(20)12-7-11-8-13(18)5-6-16(11)21-10-12/h2-6,8-9,12H,7,10H2,1H3,(H,19,20)/t12-/m1/s1. The lowest BCUT2D eigenvalue weighted by Gasteiger charge is -2.24. The molecule has 1 aliphatic heterocycles. The fraction of sp³-hybridized carbons (Fsp3) is 0.235. The van der Waals surface area contributed by atoms with Gasteiger partial charge in [-0.25, -0.2) is 0 Å². The van der Waals surface area contributed by atoms with Crippen LogP contribution in [0, 0.1) is 5.92 Å². The summed E-state index contributed by atoms with van der Waals surface area (Å²) in [5.41, 5.74) is 1.80. The summed E-state index contributed by atoms with van der Waals surface area (Å²) in [5.74, 6) is 0.589. The van der Waals surface area contributed by atoms with Gasteiger partial charge in [0.25, 0.3) is 0 Å². The van der Waals surface area contributed by atoms with E-state index < -0.39 is 0 Å². The Kier molecular flexibility index (Phi) is 4.60. The number of halogens is 1. The van der Waals surface area contributed by atoms with E-state index in [2.05, 4.69) is 5.32 Å². The van der Waals surface area contributed by atoms with Crippen molar-refractivity contribution in [3.63, 3.8) is 0 Å². The number of anilines is 1. The van der Waals surface area contributed by atoms with Crippen LogP contribution < -0.4 is 10.1 Å². The molecule has 1 atom stereocenters. The first-order valence-electron chi connectivity index (χ1n) is 7.02. The van der Waals surface area contributed by atoms with Gasteiger partial charge in [0.15, 0.2) is 0 Å². The number of amides is 1. The van der Waals surface area contributed by atoms with Crippen molar-refractivity contribution in [3.05, 3.63) is 53.1 Å². The Hall–Kier alpha value is -1.65. The zero-order valence-electron chi connectivity index (χ0n) is 12.1. The maximum absolute atomic E-state index is 12.4. The zero-order valence-corrected chi connectivity index (χ0v) is 13.7. The van der Waals surface area contributed by atoms with E-state index in [1.165, 1.54) is 0 Å². The molecule has 1 aliphatic rings. The molecule has 0 saturated heterocycles. The maximum atomic E-state index is 12.4. The highest BCUT2D eigenvalue weighted by Crippen LogP contribution is 2.30. The van der Waals surface area contributed by atoms with Crippen molar-refractivity contribution in [2.45, 2.75) is 11.3 Å². The molecule has 0 radical (unpaired) electrons. The van der Waals surface area contributed by atoms with E-state index in [1.807, 2.05) is 42.7 Å². The van der Waals surface area contributed by atoms with Crippen molar-refractivity contribution in [1.82, 2.24) is 0 Å². The summed E-state index contributed by atoms with van der Waals surface area (Å²) in [5, 5.41) is 3.63. The van der Waals surface area contributed by atoms with Crippen molar-refractivity contribution in [2.75, 3.05) is 18.2 Å². The van der Waals surface area contributed by atoms with Crippen molar-refractivity contribution < 1.29 is 9.53 Å². The number of benzene rings is 2. The molecule has 0 aromatic heterocycles. The molecule has 5 heteroatoms. The molecule has 1 N–H and O–H groups in total. The zero-order chi connectivity index (χ0) is 15.5. The van der Waals surface area contributed by atoms with Gasteiger partial charge in [0, 0.05) is 15.6 Å². The van der Waals surface area contributed by atoms with Crippen LogP contribution >= 0.6 is 23.4 Å². The summed E-state index contributed by atoms with van der Waals surface area (Å²) in [7, 11) is 0. The SMILES string of the molecule is CSc1cccc(NC(=O)[C@H]2COc3ccc(Cl)cc3C2)c1. The Balaban J connectivity index is 1.71. The minimum Gasteiger partial charge on any atom is -0.492 e. The van der Waals surface area contributed by atoms with Crippen LogP contribution in [0.15, 0.2) is 47.4 Å². The number of fused-ring (bicyclic) bond motifs is 1. The molecule has 0 spiro atoms. The first kappa shape index (κ1) is 15.3. The van der Waals surface area contributed by atoms with Gasteiger partial charge in [-0.2, -0.15) is 0 Å². The monoisotopic (exact) mass is 333 g/mol. The summed E-state index contributed by atoms with van der Waals surface area (Å²) in [6.45, 7) is 0.392. The summed E-state index contributed by atoms with van der Waals surface area (Å²) in [4.78, 5) is 13.6. The smallest absolute Gasteiger partial charge is 0.231 e. The molecule has 3 rings (SSSR count). The predicted octanol–water partition coefficient (Wildman–Crippen LogP) is 4.25. The van der Waals surface area contributed by atoms with Crippen LogP contribution in [0.25, 0.3) is 0 Å². The molecule has 2 aromatic rings. The minimum absolute atomic E-state index is 0.0242. The largest absolute Gasteiger partial charge is 0.492 e. The third-order valence-corrected chi connectivity index (χ3v) is 4.60. The second-order valence-electron chi connectivity index (χ2n) is 5.19. The molecule has 1 heterocycles. The van der Waals surface area contributed by atoms with E-state index in [9.17, 15) is 4.79 Å². The van der Waals surface area contributed by atoms with Crippen LogP contribution in [-0.2, 0) is 11.2 Å². The van der Waals surface area contributed by atoms with E-state index in [0.717, 1.165) is 21.9 Å². The van der Waals surface area contributed by atoms with Gasteiger partial charge >= 0.3 is 0 Å². The second kappa shape index (κ2) is 6.63. The summed E-state index contributed by atoms with van der Waals surface area (Å²) >= 11 is 7.66. The fourth-order valence-corrected chi connectivity index (χ4v) is 3.13. The minimum atomic E-state index is -0.205.